The second kappa shape index (κ2) is 8.37. The van der Waals surface area contributed by atoms with Crippen molar-refractivity contribution in [3.63, 3.8) is 0 Å². The van der Waals surface area contributed by atoms with Gasteiger partial charge in [0.05, 0.1) is 0 Å². The van der Waals surface area contributed by atoms with Crippen LogP contribution in [0.15, 0.2) is 35.1 Å². The van der Waals surface area contributed by atoms with Crippen molar-refractivity contribution in [1.29, 1.82) is 0 Å². The van der Waals surface area contributed by atoms with Crippen molar-refractivity contribution in [1.82, 2.24) is 20.4 Å². The Morgan fingerprint density at radius 3 is 2.73 bits per heavy atom. The highest BCUT2D eigenvalue weighted by molar-refractivity contribution is 5.92. The summed E-state index contributed by atoms with van der Waals surface area (Å²) in [7, 11) is 1.46. The number of nitrogens with one attached hydrogen (secondary N) is 2. The number of rotatable bonds is 3. The Balaban J connectivity index is 0.00000243. The van der Waals surface area contributed by atoms with Crippen LogP contribution in [0.1, 0.15) is 28.4 Å². The summed E-state index contributed by atoms with van der Waals surface area (Å²) in [5, 5.41) is 9.97. The second-order valence-corrected chi connectivity index (χ2v) is 6.03. The van der Waals surface area contributed by atoms with Crippen molar-refractivity contribution in [2.24, 2.45) is 7.05 Å². The molecule has 1 aromatic carbocycles. The van der Waals surface area contributed by atoms with Gasteiger partial charge in [0.1, 0.15) is 5.69 Å². The summed E-state index contributed by atoms with van der Waals surface area (Å²) in [6.45, 7) is 1.22. The number of halogens is 3. The van der Waals surface area contributed by atoms with Crippen molar-refractivity contribution >= 4 is 18.3 Å². The smallest absolute Gasteiger partial charge is 0.272 e. The highest BCUT2D eigenvalue weighted by Gasteiger charge is 2.29. The van der Waals surface area contributed by atoms with Crippen molar-refractivity contribution in [2.75, 3.05) is 13.1 Å². The molecule has 2 N–H and O–H groups in total. The van der Waals surface area contributed by atoms with Gasteiger partial charge in [0, 0.05) is 31.6 Å². The van der Waals surface area contributed by atoms with E-state index in [9.17, 15) is 18.4 Å². The average molecular weight is 385 g/mol. The van der Waals surface area contributed by atoms with E-state index in [0.29, 0.717) is 25.1 Å². The zero-order valence-corrected chi connectivity index (χ0v) is 14.9. The van der Waals surface area contributed by atoms with E-state index in [1.807, 2.05) is 0 Å². The first kappa shape index (κ1) is 20.0. The van der Waals surface area contributed by atoms with Crippen molar-refractivity contribution in [3.8, 4) is 0 Å². The van der Waals surface area contributed by atoms with Crippen LogP contribution in [0.3, 0.4) is 0 Å². The zero-order chi connectivity index (χ0) is 18.0. The minimum absolute atomic E-state index is 0. The van der Waals surface area contributed by atoms with Gasteiger partial charge in [-0.25, -0.2) is 13.5 Å². The molecule has 0 radical (unpaired) electrons. The zero-order valence-electron chi connectivity index (χ0n) is 14.0. The van der Waals surface area contributed by atoms with Crippen molar-refractivity contribution in [3.05, 3.63) is 63.6 Å². The summed E-state index contributed by atoms with van der Waals surface area (Å²) >= 11 is 0. The molecule has 0 bridgehead atoms. The fourth-order valence-corrected chi connectivity index (χ4v) is 3.02. The van der Waals surface area contributed by atoms with Gasteiger partial charge >= 0.3 is 0 Å². The largest absolute Gasteiger partial charge is 0.346 e. The van der Waals surface area contributed by atoms with Crippen LogP contribution in [0.5, 0.6) is 0 Å². The number of benzene rings is 1. The first-order valence-electron chi connectivity index (χ1n) is 7.96. The predicted octanol–water partition coefficient (Wildman–Crippen LogP) is 1.36. The number of nitrogens with zero attached hydrogens (tertiary/aromatic N) is 2. The average Bonchev–Trinajstić information content (AvgIpc) is 2.60. The lowest BCUT2D eigenvalue weighted by atomic mass is 9.86. The molecule has 1 aliphatic heterocycles. The molecule has 26 heavy (non-hydrogen) atoms. The summed E-state index contributed by atoms with van der Waals surface area (Å²) in [5.41, 5.74) is 0.450. The lowest BCUT2D eigenvalue weighted by Crippen LogP contribution is -2.50. The molecule has 2 atom stereocenters. The van der Waals surface area contributed by atoms with Crippen LogP contribution < -0.4 is 16.2 Å². The predicted molar refractivity (Wildman–Crippen MR) is 94.6 cm³/mol. The van der Waals surface area contributed by atoms with Gasteiger partial charge in [-0.2, -0.15) is 5.10 Å². The lowest BCUT2D eigenvalue weighted by molar-refractivity contribution is 0.0917. The van der Waals surface area contributed by atoms with Crippen LogP contribution >= 0.6 is 12.4 Å². The number of piperidine rings is 1. The molecule has 6 nitrogen and oxygen atoms in total. The Hall–Kier alpha value is -2.32. The minimum Gasteiger partial charge on any atom is -0.346 e. The van der Waals surface area contributed by atoms with Gasteiger partial charge < -0.3 is 10.6 Å². The van der Waals surface area contributed by atoms with Gasteiger partial charge in [-0.3, -0.25) is 9.59 Å². The Labute approximate surface area is 155 Å². The molecular weight excluding hydrogens is 366 g/mol. The Morgan fingerprint density at radius 2 is 2.04 bits per heavy atom. The third kappa shape index (κ3) is 4.25. The van der Waals surface area contributed by atoms with Crippen LogP contribution in [0, 0.1) is 11.6 Å². The van der Waals surface area contributed by atoms with Crippen LogP contribution in [0.25, 0.3) is 0 Å². The number of hydrogen-bond acceptors (Lipinski definition) is 4. The van der Waals surface area contributed by atoms with Gasteiger partial charge in [-0.15, -0.1) is 12.4 Å². The van der Waals surface area contributed by atoms with E-state index in [2.05, 4.69) is 15.7 Å². The lowest BCUT2D eigenvalue weighted by Gasteiger charge is -2.33. The first-order valence-corrected chi connectivity index (χ1v) is 7.96. The quantitative estimate of drug-likeness (QED) is 0.837. The summed E-state index contributed by atoms with van der Waals surface area (Å²) < 4.78 is 27.8. The number of amides is 1. The van der Waals surface area contributed by atoms with E-state index in [1.165, 1.54) is 31.3 Å². The Bertz CT molecular complexity index is 859. The van der Waals surface area contributed by atoms with E-state index in [1.54, 1.807) is 0 Å². The summed E-state index contributed by atoms with van der Waals surface area (Å²) in [6.07, 6.45) is 0.677. The molecule has 3 rings (SSSR count). The van der Waals surface area contributed by atoms with Gasteiger partial charge in [0.25, 0.3) is 11.5 Å². The fourth-order valence-electron chi connectivity index (χ4n) is 3.02. The topological polar surface area (TPSA) is 76.0 Å². The van der Waals surface area contributed by atoms with Crippen LogP contribution in [-0.2, 0) is 7.05 Å². The molecule has 0 spiro atoms. The van der Waals surface area contributed by atoms with E-state index in [4.69, 9.17) is 0 Å². The maximum absolute atomic E-state index is 13.6. The number of carbonyl (C=O) groups excluding carboxylic acids is 1. The maximum Gasteiger partial charge on any atom is 0.272 e. The molecule has 1 amide bonds. The molecule has 2 heterocycles. The highest BCUT2D eigenvalue weighted by Crippen LogP contribution is 2.27. The summed E-state index contributed by atoms with van der Waals surface area (Å²) in [5.74, 6) is -2.36. The molecule has 0 aliphatic carbocycles. The molecule has 2 unspecified atom stereocenters. The van der Waals surface area contributed by atoms with E-state index in [0.717, 1.165) is 10.7 Å². The van der Waals surface area contributed by atoms with Crippen LogP contribution in [-0.4, -0.2) is 34.8 Å². The van der Waals surface area contributed by atoms with Crippen LogP contribution in [0.2, 0.25) is 0 Å². The molecule has 1 saturated heterocycles. The summed E-state index contributed by atoms with van der Waals surface area (Å²) in [4.78, 5) is 23.8. The van der Waals surface area contributed by atoms with Gasteiger partial charge in [0.15, 0.2) is 11.6 Å². The van der Waals surface area contributed by atoms with Gasteiger partial charge in [0.2, 0.25) is 0 Å². The second-order valence-electron chi connectivity index (χ2n) is 6.03. The molecule has 140 valence electrons. The molecule has 2 aromatic rings. The number of aromatic nitrogens is 2. The van der Waals surface area contributed by atoms with Crippen LogP contribution in [0.4, 0.5) is 8.78 Å². The Morgan fingerprint density at radius 1 is 1.27 bits per heavy atom. The molecule has 1 aliphatic rings. The highest BCUT2D eigenvalue weighted by atomic mass is 35.5. The third-order valence-corrected chi connectivity index (χ3v) is 4.36. The van der Waals surface area contributed by atoms with Gasteiger partial charge in [-0.05, 0) is 36.7 Å². The Kier molecular flexibility index (Phi) is 6.44. The minimum atomic E-state index is -0.902. The van der Waals surface area contributed by atoms with E-state index >= 15 is 0 Å². The molecule has 1 fully saturated rings. The third-order valence-electron chi connectivity index (χ3n) is 4.36. The fraction of sp³-hybridized carbons (Fsp3) is 0.353. The summed E-state index contributed by atoms with van der Waals surface area (Å²) in [6, 6.07) is 6.15. The molecular formula is C17H19ClF2N4O2. The number of carbonyl (C=O) groups is 1. The monoisotopic (exact) mass is 384 g/mol. The first-order chi connectivity index (χ1) is 12.0. The molecule has 9 heteroatoms. The SMILES string of the molecule is Cl.Cn1nc(C(=O)NC2CNCCC2c2ccc(F)c(F)c2)ccc1=O. The maximum atomic E-state index is 13.6. The van der Waals surface area contributed by atoms with E-state index < -0.39 is 17.5 Å². The number of hydrogen-bond donors (Lipinski definition) is 2. The molecule has 1 aromatic heterocycles. The molecule has 0 saturated carbocycles. The van der Waals surface area contributed by atoms with E-state index in [-0.39, 0.29) is 35.6 Å². The number of aryl methyl sites for hydroxylation is 1. The van der Waals surface area contributed by atoms with Crippen molar-refractivity contribution in [2.45, 2.75) is 18.4 Å². The standard InChI is InChI=1S/C17H18F2N4O2.ClH/c1-23-16(24)5-4-14(22-23)17(25)21-15-9-20-7-6-11(15)10-2-3-12(18)13(19)8-10;/h2-5,8,11,15,20H,6-7,9H2,1H3,(H,21,25);1H. The normalized spacial score (nSPS) is 19.5. The van der Waals surface area contributed by atoms with Gasteiger partial charge in [-0.1, -0.05) is 6.07 Å². The van der Waals surface area contributed by atoms with Crippen molar-refractivity contribution < 1.29 is 13.6 Å².